The number of hydrogen-bond acceptors (Lipinski definition) is 9. The normalized spacial score (nSPS) is 21.1. The topological polar surface area (TPSA) is 140 Å². The first-order valence-electron chi connectivity index (χ1n) is 15.4. The summed E-state index contributed by atoms with van der Waals surface area (Å²) in [6.07, 6.45) is 4.52. The molecule has 0 spiro atoms. The van der Waals surface area contributed by atoms with Gasteiger partial charge in [-0.1, -0.05) is 22.0 Å². The van der Waals surface area contributed by atoms with E-state index >= 15 is 0 Å². The first-order valence-corrected chi connectivity index (χ1v) is 16.6. The molecule has 5 rings (SSSR count). The number of nitrogens with two attached hydrogens (primary N) is 1. The monoisotopic (exact) mass is 699 g/mol. The molecule has 2 aromatic rings. The van der Waals surface area contributed by atoms with Crippen LogP contribution in [0.15, 0.2) is 36.0 Å². The van der Waals surface area contributed by atoms with Crippen molar-refractivity contribution in [1.29, 1.82) is 0 Å². The number of allylic oxidation sites excluding steroid dienone is 1. The number of hydrogen-bond donors (Lipinski definition) is 2. The number of esters is 1. The first kappa shape index (κ1) is 33.6. The highest BCUT2D eigenvalue weighted by molar-refractivity contribution is 9.09. The minimum atomic E-state index is -0.825. The van der Waals surface area contributed by atoms with Gasteiger partial charge < -0.3 is 44.4 Å². The van der Waals surface area contributed by atoms with Crippen LogP contribution in [-0.2, 0) is 14.3 Å². The molecule has 1 aromatic carbocycles. The van der Waals surface area contributed by atoms with Crippen molar-refractivity contribution in [3.05, 3.63) is 64.1 Å². The molecule has 2 fully saturated rings. The Labute approximate surface area is 277 Å². The summed E-state index contributed by atoms with van der Waals surface area (Å²) in [5.74, 6) is 0.0954. The molecule has 3 aliphatic rings. The van der Waals surface area contributed by atoms with Gasteiger partial charge in [0.25, 0.3) is 5.91 Å². The summed E-state index contributed by atoms with van der Waals surface area (Å²) in [6.45, 7) is 5.78. The van der Waals surface area contributed by atoms with Crippen LogP contribution < -0.4 is 15.2 Å². The minimum Gasteiger partial charge on any atom is -0.493 e. The molecule has 0 bridgehead atoms. The number of piperazine rings is 1. The Morgan fingerprint density at radius 3 is 2.57 bits per heavy atom. The molecule has 0 radical (unpaired) electrons. The number of nitrogens with zero attached hydrogens (tertiary/aromatic N) is 3. The number of nitrogens with one attached hydrogen (secondary N) is 1. The Balaban J connectivity index is 1.46. The minimum absolute atomic E-state index is 0.0428. The highest BCUT2D eigenvalue weighted by Crippen LogP contribution is 2.51. The van der Waals surface area contributed by atoms with Crippen LogP contribution in [0.3, 0.4) is 0 Å². The Hall–Kier alpha value is -3.81. The highest BCUT2D eigenvalue weighted by atomic mass is 79.9. The summed E-state index contributed by atoms with van der Waals surface area (Å²) in [5.41, 5.74) is 9.41. The summed E-state index contributed by atoms with van der Waals surface area (Å²) in [7, 11) is 4.93. The van der Waals surface area contributed by atoms with Gasteiger partial charge in [-0.05, 0) is 62.7 Å². The van der Waals surface area contributed by atoms with Gasteiger partial charge in [-0.25, -0.2) is 9.59 Å². The molecule has 0 saturated carbocycles. The Morgan fingerprint density at radius 1 is 1.13 bits per heavy atom. The van der Waals surface area contributed by atoms with Crippen LogP contribution in [0.25, 0.3) is 6.08 Å². The number of benzene rings is 1. The van der Waals surface area contributed by atoms with E-state index in [1.165, 1.54) is 13.2 Å². The van der Waals surface area contributed by atoms with Crippen molar-refractivity contribution in [2.24, 2.45) is 11.7 Å². The SMILES string of the molecule is COC(=O)c1c(C)[nH]c2c1C1C(=CC2OC(=O)N2CCN(C)CC2)N(C(=O)/C=C/c2ccc(OC)c(OCCCN)c2)C[C@H]1CBr. The third-order valence-corrected chi connectivity index (χ3v) is 9.58. The predicted octanol–water partition coefficient (Wildman–Crippen LogP) is 3.82. The number of alkyl halides is 1. The zero-order chi connectivity index (χ0) is 33.0. The van der Waals surface area contributed by atoms with Gasteiger partial charge in [-0.3, -0.25) is 4.79 Å². The zero-order valence-electron chi connectivity index (χ0n) is 26.7. The summed E-state index contributed by atoms with van der Waals surface area (Å²) < 4.78 is 22.5. The second-order valence-electron chi connectivity index (χ2n) is 11.7. The molecule has 248 valence electrons. The largest absolute Gasteiger partial charge is 0.493 e. The number of halogens is 1. The van der Waals surface area contributed by atoms with E-state index in [4.69, 9.17) is 24.7 Å². The van der Waals surface area contributed by atoms with E-state index in [-0.39, 0.29) is 17.7 Å². The van der Waals surface area contributed by atoms with Crippen LogP contribution in [0.2, 0.25) is 0 Å². The van der Waals surface area contributed by atoms with Gasteiger partial charge in [0, 0.05) is 67.0 Å². The summed E-state index contributed by atoms with van der Waals surface area (Å²) in [6, 6.07) is 5.46. The summed E-state index contributed by atoms with van der Waals surface area (Å²) in [5, 5.41) is 0.584. The van der Waals surface area contributed by atoms with Crippen molar-refractivity contribution in [2.75, 3.05) is 72.5 Å². The number of carbonyl (C=O) groups is 3. The van der Waals surface area contributed by atoms with E-state index in [9.17, 15) is 14.4 Å². The summed E-state index contributed by atoms with van der Waals surface area (Å²) in [4.78, 5) is 49.1. The number of ether oxygens (including phenoxy) is 4. The van der Waals surface area contributed by atoms with Crippen LogP contribution in [0.1, 0.15) is 51.3 Å². The molecule has 2 saturated heterocycles. The van der Waals surface area contributed by atoms with Crippen LogP contribution >= 0.6 is 15.9 Å². The van der Waals surface area contributed by atoms with Crippen molar-refractivity contribution in [3.8, 4) is 11.5 Å². The van der Waals surface area contributed by atoms with Crippen molar-refractivity contribution in [2.45, 2.75) is 25.4 Å². The van der Waals surface area contributed by atoms with E-state index in [1.54, 1.807) is 36.0 Å². The van der Waals surface area contributed by atoms with E-state index < -0.39 is 18.2 Å². The maximum absolute atomic E-state index is 13.8. The predicted molar refractivity (Wildman–Crippen MR) is 176 cm³/mol. The lowest BCUT2D eigenvalue weighted by molar-refractivity contribution is -0.123. The van der Waals surface area contributed by atoms with Gasteiger partial charge in [0.15, 0.2) is 17.6 Å². The van der Waals surface area contributed by atoms with Crippen molar-refractivity contribution in [3.63, 3.8) is 0 Å². The molecule has 12 nitrogen and oxygen atoms in total. The molecule has 3 N–H and O–H groups in total. The fourth-order valence-electron chi connectivity index (χ4n) is 6.30. The van der Waals surface area contributed by atoms with Gasteiger partial charge in [0.1, 0.15) is 0 Å². The molecule has 2 unspecified atom stereocenters. The van der Waals surface area contributed by atoms with E-state index in [0.29, 0.717) is 84.2 Å². The number of fused-ring (bicyclic) bond motifs is 3. The molecular weight excluding hydrogens is 658 g/mol. The number of carbonyl (C=O) groups excluding carboxylic acids is 3. The standard InChI is InChI=1S/C33H42BrN5O7/c1-20-28(32(41)44-4)30-29-22(18-34)19-39(27(40)9-7-21-6-8-24(43-3)25(16-21)45-15-5-10-35)23(29)17-26(31(30)36-20)46-33(42)38-13-11-37(2)12-14-38/h6-9,16-17,22,26,29,36H,5,10-15,18-19,35H2,1-4H3/b9-7+/t22-,26?,29?/m1/s1. The molecule has 2 aliphatic heterocycles. The Kier molecular flexibility index (Phi) is 10.7. The third kappa shape index (κ3) is 6.81. The molecular formula is C33H42BrN5O7. The summed E-state index contributed by atoms with van der Waals surface area (Å²) >= 11 is 3.65. The highest BCUT2D eigenvalue weighted by Gasteiger charge is 2.48. The lowest BCUT2D eigenvalue weighted by atomic mass is 9.80. The Bertz CT molecular complexity index is 1510. The van der Waals surface area contributed by atoms with Crippen molar-refractivity contribution in [1.82, 2.24) is 19.7 Å². The van der Waals surface area contributed by atoms with Crippen molar-refractivity contribution < 1.29 is 33.3 Å². The van der Waals surface area contributed by atoms with Crippen LogP contribution in [0.4, 0.5) is 4.79 Å². The lowest BCUT2D eigenvalue weighted by Gasteiger charge is -2.34. The van der Waals surface area contributed by atoms with Gasteiger partial charge in [0.05, 0.1) is 32.1 Å². The zero-order valence-corrected chi connectivity index (χ0v) is 28.3. The number of methoxy groups -OCH3 is 2. The average Bonchev–Trinajstić information content (AvgIpc) is 3.61. The fraction of sp³-hybridized carbons (Fsp3) is 0.485. The number of likely N-dealkylation sites (N-methyl/N-ethyl adjacent to an activating group) is 1. The Morgan fingerprint density at radius 2 is 1.89 bits per heavy atom. The molecule has 1 aromatic heterocycles. The molecule has 13 heteroatoms. The maximum Gasteiger partial charge on any atom is 0.410 e. The second kappa shape index (κ2) is 14.7. The molecule has 2 amide bonds. The van der Waals surface area contributed by atoms with E-state index in [2.05, 4.69) is 25.8 Å². The molecule has 46 heavy (non-hydrogen) atoms. The van der Waals surface area contributed by atoms with E-state index in [0.717, 1.165) is 18.7 Å². The number of aryl methyl sites for hydroxylation is 1. The smallest absolute Gasteiger partial charge is 0.410 e. The van der Waals surface area contributed by atoms with Crippen molar-refractivity contribution >= 4 is 40.0 Å². The second-order valence-corrected chi connectivity index (χ2v) is 12.4. The van der Waals surface area contributed by atoms with Crippen LogP contribution in [0, 0.1) is 12.8 Å². The number of likely N-dealkylation sites (tertiary alicyclic amines) is 1. The number of aromatic nitrogens is 1. The van der Waals surface area contributed by atoms with Gasteiger partial charge in [0.2, 0.25) is 0 Å². The number of H-pyrrole nitrogens is 1. The van der Waals surface area contributed by atoms with Crippen LogP contribution in [0.5, 0.6) is 11.5 Å². The lowest BCUT2D eigenvalue weighted by Crippen LogP contribution is -2.47. The fourth-order valence-corrected chi connectivity index (χ4v) is 6.88. The quantitative estimate of drug-likeness (QED) is 0.164. The molecule has 3 heterocycles. The van der Waals surface area contributed by atoms with Gasteiger partial charge in [-0.15, -0.1) is 0 Å². The molecule has 1 aliphatic carbocycles. The van der Waals surface area contributed by atoms with E-state index in [1.807, 2.05) is 25.3 Å². The first-order chi connectivity index (χ1) is 22.2. The van der Waals surface area contributed by atoms with Gasteiger partial charge in [-0.2, -0.15) is 0 Å². The third-order valence-electron chi connectivity index (χ3n) is 8.75. The van der Waals surface area contributed by atoms with Crippen LogP contribution in [-0.4, -0.2) is 110 Å². The maximum atomic E-state index is 13.8. The average molecular weight is 701 g/mol. The van der Waals surface area contributed by atoms with Gasteiger partial charge >= 0.3 is 12.1 Å². The number of rotatable bonds is 10. The number of aromatic amines is 1. The molecule has 3 atom stereocenters. The number of amides is 2.